The fraction of sp³-hybridized carbons (Fsp3) is 0.538. The Kier molecular flexibility index (Phi) is 5.43. The molecular weight excluding hydrogens is 203 g/mol. The topological polar surface area (TPSA) is 29.3 Å². The minimum absolute atomic E-state index is 0.110. The van der Waals surface area contributed by atoms with E-state index in [9.17, 15) is 4.39 Å². The van der Waals surface area contributed by atoms with Crippen LogP contribution in [-0.4, -0.2) is 25.0 Å². The Balaban J connectivity index is 2.56. The number of nitrogens with zero attached hydrogens (tertiary/aromatic N) is 1. The van der Waals surface area contributed by atoms with E-state index >= 15 is 0 Å². The molecule has 0 saturated heterocycles. The molecule has 1 aromatic rings. The standard InChI is InChI=1S/C13H21FN2/c1-11(16(2)10-6-5-9-15)12-7-3-4-8-13(12)14/h3-4,7-8,11H,5-6,9-10,15H2,1-2H3. The normalized spacial score (nSPS) is 13.1. The fourth-order valence-electron chi connectivity index (χ4n) is 1.75. The molecule has 0 aliphatic carbocycles. The van der Waals surface area contributed by atoms with Crippen LogP contribution >= 0.6 is 0 Å². The highest BCUT2D eigenvalue weighted by Gasteiger charge is 2.14. The van der Waals surface area contributed by atoms with Crippen molar-refractivity contribution >= 4 is 0 Å². The Morgan fingerprint density at radius 2 is 2.00 bits per heavy atom. The van der Waals surface area contributed by atoms with Crippen LogP contribution < -0.4 is 5.73 Å². The summed E-state index contributed by atoms with van der Waals surface area (Å²) in [7, 11) is 2.02. The molecule has 0 bridgehead atoms. The van der Waals surface area contributed by atoms with Crippen LogP contribution in [-0.2, 0) is 0 Å². The fourth-order valence-corrected chi connectivity index (χ4v) is 1.75. The summed E-state index contributed by atoms with van der Waals surface area (Å²) in [5.41, 5.74) is 6.21. The van der Waals surface area contributed by atoms with Gasteiger partial charge in [0.05, 0.1) is 0 Å². The van der Waals surface area contributed by atoms with Crippen molar-refractivity contribution in [3.05, 3.63) is 35.6 Å². The van der Waals surface area contributed by atoms with Crippen LogP contribution in [0.5, 0.6) is 0 Å². The average Bonchev–Trinajstić information content (AvgIpc) is 2.29. The highest BCUT2D eigenvalue weighted by Crippen LogP contribution is 2.21. The van der Waals surface area contributed by atoms with E-state index in [-0.39, 0.29) is 11.9 Å². The first-order valence-corrected chi connectivity index (χ1v) is 5.81. The van der Waals surface area contributed by atoms with E-state index in [1.165, 1.54) is 6.07 Å². The summed E-state index contributed by atoms with van der Waals surface area (Å²) in [6, 6.07) is 7.07. The first-order valence-electron chi connectivity index (χ1n) is 5.81. The number of hydrogen-bond acceptors (Lipinski definition) is 2. The highest BCUT2D eigenvalue weighted by atomic mass is 19.1. The zero-order valence-electron chi connectivity index (χ0n) is 10.1. The maximum absolute atomic E-state index is 13.5. The number of hydrogen-bond donors (Lipinski definition) is 1. The number of halogens is 1. The largest absolute Gasteiger partial charge is 0.330 e. The molecule has 1 rings (SSSR count). The second kappa shape index (κ2) is 6.61. The number of benzene rings is 1. The monoisotopic (exact) mass is 224 g/mol. The molecule has 0 radical (unpaired) electrons. The van der Waals surface area contributed by atoms with Crippen molar-refractivity contribution in [2.24, 2.45) is 5.73 Å². The van der Waals surface area contributed by atoms with Gasteiger partial charge in [-0.15, -0.1) is 0 Å². The van der Waals surface area contributed by atoms with Gasteiger partial charge in [-0.3, -0.25) is 4.90 Å². The average molecular weight is 224 g/mol. The molecule has 0 aliphatic heterocycles. The molecule has 1 aromatic carbocycles. The molecule has 0 saturated carbocycles. The predicted octanol–water partition coefficient (Wildman–Crippen LogP) is 2.56. The van der Waals surface area contributed by atoms with Gasteiger partial charge < -0.3 is 5.73 Å². The molecule has 0 heterocycles. The molecular formula is C13H21FN2. The summed E-state index contributed by atoms with van der Waals surface area (Å²) in [4.78, 5) is 2.16. The SMILES string of the molecule is CC(c1ccccc1F)N(C)CCCCN. The Hall–Kier alpha value is -0.930. The van der Waals surface area contributed by atoms with E-state index in [0.29, 0.717) is 0 Å². The van der Waals surface area contributed by atoms with Gasteiger partial charge in [0.2, 0.25) is 0 Å². The van der Waals surface area contributed by atoms with E-state index in [2.05, 4.69) is 4.90 Å². The second-order valence-corrected chi connectivity index (χ2v) is 4.17. The van der Waals surface area contributed by atoms with Crippen LogP contribution in [0, 0.1) is 5.82 Å². The van der Waals surface area contributed by atoms with Gasteiger partial charge in [0, 0.05) is 11.6 Å². The molecule has 90 valence electrons. The van der Waals surface area contributed by atoms with E-state index in [1.807, 2.05) is 26.1 Å². The van der Waals surface area contributed by atoms with Crippen LogP contribution in [0.2, 0.25) is 0 Å². The first-order chi connectivity index (χ1) is 7.66. The van der Waals surface area contributed by atoms with Crippen molar-refractivity contribution in [3.63, 3.8) is 0 Å². The van der Waals surface area contributed by atoms with E-state index < -0.39 is 0 Å². The summed E-state index contributed by atoms with van der Waals surface area (Å²) >= 11 is 0. The minimum atomic E-state index is -0.124. The molecule has 2 nitrogen and oxygen atoms in total. The van der Waals surface area contributed by atoms with Gasteiger partial charge >= 0.3 is 0 Å². The van der Waals surface area contributed by atoms with E-state index in [1.54, 1.807) is 6.07 Å². The summed E-state index contributed by atoms with van der Waals surface area (Å²) in [5.74, 6) is -0.124. The van der Waals surface area contributed by atoms with Gasteiger partial charge in [-0.25, -0.2) is 4.39 Å². The number of unbranched alkanes of at least 4 members (excludes halogenated alkanes) is 1. The lowest BCUT2D eigenvalue weighted by molar-refractivity contribution is 0.251. The number of nitrogens with two attached hydrogens (primary N) is 1. The smallest absolute Gasteiger partial charge is 0.127 e. The van der Waals surface area contributed by atoms with Crippen molar-refractivity contribution in [2.75, 3.05) is 20.1 Å². The third-order valence-electron chi connectivity index (χ3n) is 2.98. The molecule has 3 heteroatoms. The first kappa shape index (κ1) is 13.1. The van der Waals surface area contributed by atoms with Crippen LogP contribution in [0.4, 0.5) is 4.39 Å². The van der Waals surface area contributed by atoms with Crippen molar-refractivity contribution < 1.29 is 4.39 Å². The summed E-state index contributed by atoms with van der Waals surface area (Å²) in [5, 5.41) is 0. The molecule has 0 fully saturated rings. The number of rotatable bonds is 6. The lowest BCUT2D eigenvalue weighted by Crippen LogP contribution is -2.24. The summed E-state index contributed by atoms with van der Waals surface area (Å²) < 4.78 is 13.5. The quantitative estimate of drug-likeness (QED) is 0.752. The van der Waals surface area contributed by atoms with Crippen molar-refractivity contribution in [2.45, 2.75) is 25.8 Å². The Labute approximate surface area is 97.3 Å². The lowest BCUT2D eigenvalue weighted by Gasteiger charge is -2.25. The zero-order chi connectivity index (χ0) is 12.0. The van der Waals surface area contributed by atoms with Crippen molar-refractivity contribution in [3.8, 4) is 0 Å². The molecule has 0 amide bonds. The molecule has 1 atom stereocenters. The molecule has 1 unspecified atom stereocenters. The third-order valence-corrected chi connectivity index (χ3v) is 2.98. The third kappa shape index (κ3) is 3.58. The maximum Gasteiger partial charge on any atom is 0.127 e. The zero-order valence-corrected chi connectivity index (χ0v) is 10.1. The molecule has 0 spiro atoms. The lowest BCUT2D eigenvalue weighted by atomic mass is 10.1. The van der Waals surface area contributed by atoms with Crippen LogP contribution in [0.15, 0.2) is 24.3 Å². The van der Waals surface area contributed by atoms with E-state index in [0.717, 1.165) is 31.5 Å². The van der Waals surface area contributed by atoms with Gasteiger partial charge in [-0.1, -0.05) is 18.2 Å². The van der Waals surface area contributed by atoms with Gasteiger partial charge in [-0.05, 0) is 46.0 Å². The summed E-state index contributed by atoms with van der Waals surface area (Å²) in [6.45, 7) is 3.70. The minimum Gasteiger partial charge on any atom is -0.330 e. The molecule has 2 N–H and O–H groups in total. The van der Waals surface area contributed by atoms with E-state index in [4.69, 9.17) is 5.73 Å². The maximum atomic E-state index is 13.5. The van der Waals surface area contributed by atoms with Crippen LogP contribution in [0.25, 0.3) is 0 Å². The molecule has 0 aromatic heterocycles. The van der Waals surface area contributed by atoms with Crippen molar-refractivity contribution in [1.82, 2.24) is 4.90 Å². The molecule has 0 aliphatic rings. The Morgan fingerprint density at radius 3 is 2.62 bits per heavy atom. The van der Waals surface area contributed by atoms with Gasteiger partial charge in [0.15, 0.2) is 0 Å². The summed E-state index contributed by atoms with van der Waals surface area (Å²) in [6.07, 6.45) is 2.08. The second-order valence-electron chi connectivity index (χ2n) is 4.17. The predicted molar refractivity (Wildman–Crippen MR) is 65.7 cm³/mol. The Morgan fingerprint density at radius 1 is 1.31 bits per heavy atom. The van der Waals surface area contributed by atoms with Crippen LogP contribution in [0.1, 0.15) is 31.4 Å². The van der Waals surface area contributed by atoms with Crippen LogP contribution in [0.3, 0.4) is 0 Å². The molecule has 16 heavy (non-hydrogen) atoms. The van der Waals surface area contributed by atoms with Crippen molar-refractivity contribution in [1.29, 1.82) is 0 Å². The van der Waals surface area contributed by atoms with Gasteiger partial charge in [0.25, 0.3) is 0 Å². The van der Waals surface area contributed by atoms with Gasteiger partial charge in [0.1, 0.15) is 5.82 Å². The van der Waals surface area contributed by atoms with Gasteiger partial charge in [-0.2, -0.15) is 0 Å². The Bertz CT molecular complexity index is 315. The highest BCUT2D eigenvalue weighted by molar-refractivity contribution is 5.20.